The van der Waals surface area contributed by atoms with Gasteiger partial charge in [-0.15, -0.1) is 0 Å². The van der Waals surface area contributed by atoms with Crippen LogP contribution in [0.4, 0.5) is 11.4 Å². The summed E-state index contributed by atoms with van der Waals surface area (Å²) in [4.78, 5) is 41.4. The molecule has 3 aromatic rings. The summed E-state index contributed by atoms with van der Waals surface area (Å²) in [5.74, 6) is -2.07. The van der Waals surface area contributed by atoms with E-state index in [1.165, 1.54) is 22.8 Å². The quantitative estimate of drug-likeness (QED) is 0.294. The highest BCUT2D eigenvalue weighted by atomic mass is 32.1. The van der Waals surface area contributed by atoms with Crippen LogP contribution < -0.4 is 14.5 Å². The van der Waals surface area contributed by atoms with Gasteiger partial charge in [-0.05, 0) is 80.5 Å². The fourth-order valence-corrected chi connectivity index (χ4v) is 4.11. The molecule has 0 aliphatic carbocycles. The molecule has 0 unspecified atom stereocenters. The summed E-state index contributed by atoms with van der Waals surface area (Å²) in [6.07, 6.45) is 0.295. The van der Waals surface area contributed by atoms with Crippen molar-refractivity contribution in [2.24, 2.45) is 0 Å². The van der Waals surface area contributed by atoms with Gasteiger partial charge in [0.2, 0.25) is 0 Å². The van der Waals surface area contributed by atoms with Crippen LogP contribution >= 0.6 is 12.2 Å². The van der Waals surface area contributed by atoms with E-state index < -0.39 is 23.9 Å². The average Bonchev–Trinajstić information content (AvgIpc) is 2.85. The topological polar surface area (TPSA) is 87.1 Å². The van der Waals surface area contributed by atoms with Crippen molar-refractivity contribution in [1.82, 2.24) is 0 Å². The van der Waals surface area contributed by atoms with Gasteiger partial charge in [-0.1, -0.05) is 42.5 Å². The van der Waals surface area contributed by atoms with E-state index in [-0.39, 0.29) is 16.4 Å². The van der Waals surface area contributed by atoms with Crippen molar-refractivity contribution in [3.05, 3.63) is 95.1 Å². The fraction of sp³-hybridized carbons (Fsp3) is 0.143. The zero-order valence-electron chi connectivity index (χ0n) is 20.0. The van der Waals surface area contributed by atoms with E-state index in [0.29, 0.717) is 16.9 Å². The SMILES string of the molecule is Cc1ccc(N2C(=O)/C(=C\c3ccccc3O[C@@H](C)C(=O)O)C(=O)N(c3ccccc3)C2=S)cc1C. The van der Waals surface area contributed by atoms with E-state index in [0.717, 1.165) is 11.1 Å². The van der Waals surface area contributed by atoms with Gasteiger partial charge in [0.1, 0.15) is 11.3 Å². The number of amides is 2. The van der Waals surface area contributed by atoms with Crippen molar-refractivity contribution in [2.75, 3.05) is 9.80 Å². The minimum Gasteiger partial charge on any atom is -0.479 e. The number of hydrogen-bond acceptors (Lipinski definition) is 5. The minimum atomic E-state index is -1.14. The molecular weight excluding hydrogens is 476 g/mol. The molecule has 0 spiro atoms. The molecule has 3 aromatic carbocycles. The largest absolute Gasteiger partial charge is 0.479 e. The highest BCUT2D eigenvalue weighted by Gasteiger charge is 2.41. The maximum atomic E-state index is 13.8. The van der Waals surface area contributed by atoms with Crippen molar-refractivity contribution < 1.29 is 24.2 Å². The normalized spacial score (nSPS) is 15.9. The Kier molecular flexibility index (Phi) is 6.98. The van der Waals surface area contributed by atoms with E-state index in [1.807, 2.05) is 32.0 Å². The number of carbonyl (C=O) groups is 3. The van der Waals surface area contributed by atoms with Crippen LogP contribution in [0, 0.1) is 13.8 Å². The van der Waals surface area contributed by atoms with Gasteiger partial charge in [0.25, 0.3) is 11.8 Å². The van der Waals surface area contributed by atoms with Gasteiger partial charge in [0.05, 0.1) is 11.4 Å². The minimum absolute atomic E-state index is 0.0423. The molecule has 1 fully saturated rings. The number of anilines is 2. The van der Waals surface area contributed by atoms with E-state index in [2.05, 4.69) is 0 Å². The second kappa shape index (κ2) is 10.1. The summed E-state index contributed by atoms with van der Waals surface area (Å²) in [7, 11) is 0. The number of nitrogens with zero attached hydrogens (tertiary/aromatic N) is 2. The van der Waals surface area contributed by atoms with Gasteiger partial charge in [-0.25, -0.2) is 4.79 Å². The Morgan fingerprint density at radius 2 is 1.50 bits per heavy atom. The average molecular weight is 501 g/mol. The number of aryl methyl sites for hydroxylation is 2. The number of carboxylic acid groups (broad SMARTS) is 1. The van der Waals surface area contributed by atoms with Crippen LogP contribution in [-0.2, 0) is 14.4 Å². The molecule has 7 nitrogen and oxygen atoms in total. The second-order valence-corrected chi connectivity index (χ2v) is 8.73. The highest BCUT2D eigenvalue weighted by Crippen LogP contribution is 2.32. The first-order valence-corrected chi connectivity index (χ1v) is 11.6. The molecular formula is C28H24N2O5S. The molecule has 0 saturated carbocycles. The number of rotatable bonds is 6. The number of ether oxygens (including phenoxy) is 1. The van der Waals surface area contributed by atoms with Crippen molar-refractivity contribution in [3.63, 3.8) is 0 Å². The summed E-state index contributed by atoms with van der Waals surface area (Å²) in [6, 6.07) is 21.0. The number of thiocarbonyl (C=S) groups is 1. The molecule has 8 heteroatoms. The summed E-state index contributed by atoms with van der Waals surface area (Å²) in [5.41, 5.74) is 3.34. The lowest BCUT2D eigenvalue weighted by Gasteiger charge is -2.36. The number of benzene rings is 3. The Morgan fingerprint density at radius 1 is 0.889 bits per heavy atom. The Bertz CT molecular complexity index is 1400. The van der Waals surface area contributed by atoms with Gasteiger partial charge >= 0.3 is 5.97 Å². The number of carboxylic acids is 1. The van der Waals surface area contributed by atoms with E-state index in [9.17, 15) is 19.5 Å². The van der Waals surface area contributed by atoms with Crippen LogP contribution in [0.15, 0.2) is 78.4 Å². The third-order valence-electron chi connectivity index (χ3n) is 5.88. The lowest BCUT2D eigenvalue weighted by molar-refractivity contribution is -0.144. The molecule has 182 valence electrons. The van der Waals surface area contributed by atoms with Gasteiger partial charge in [-0.2, -0.15) is 0 Å². The second-order valence-electron chi connectivity index (χ2n) is 8.36. The Labute approximate surface area is 214 Å². The number of carbonyl (C=O) groups excluding carboxylic acids is 2. The first-order valence-electron chi connectivity index (χ1n) is 11.2. The van der Waals surface area contributed by atoms with Crippen LogP contribution in [0.5, 0.6) is 5.75 Å². The number of hydrogen-bond donors (Lipinski definition) is 1. The zero-order valence-corrected chi connectivity index (χ0v) is 20.8. The lowest BCUT2D eigenvalue weighted by atomic mass is 10.0. The van der Waals surface area contributed by atoms with E-state index in [4.69, 9.17) is 17.0 Å². The third kappa shape index (κ3) is 4.76. The Morgan fingerprint density at radius 3 is 2.14 bits per heavy atom. The zero-order chi connectivity index (χ0) is 26.0. The molecule has 4 rings (SSSR count). The molecule has 1 aliphatic heterocycles. The summed E-state index contributed by atoms with van der Waals surface area (Å²) in [6.45, 7) is 5.31. The summed E-state index contributed by atoms with van der Waals surface area (Å²) in [5, 5.41) is 9.30. The molecule has 0 radical (unpaired) electrons. The van der Waals surface area contributed by atoms with E-state index in [1.54, 1.807) is 54.6 Å². The molecule has 1 N–H and O–H groups in total. The van der Waals surface area contributed by atoms with Crippen LogP contribution in [0.3, 0.4) is 0 Å². The monoisotopic (exact) mass is 500 g/mol. The van der Waals surface area contributed by atoms with Crippen LogP contribution in [0.1, 0.15) is 23.6 Å². The number of para-hydroxylation sites is 2. The highest BCUT2D eigenvalue weighted by molar-refractivity contribution is 7.81. The van der Waals surface area contributed by atoms with Crippen LogP contribution in [0.25, 0.3) is 6.08 Å². The fourth-order valence-electron chi connectivity index (χ4n) is 3.73. The summed E-state index contributed by atoms with van der Waals surface area (Å²) < 4.78 is 5.57. The first-order chi connectivity index (χ1) is 17.2. The van der Waals surface area contributed by atoms with Gasteiger partial charge in [0, 0.05) is 5.56 Å². The molecule has 0 bridgehead atoms. The molecule has 1 saturated heterocycles. The maximum absolute atomic E-state index is 13.8. The Balaban J connectivity index is 1.86. The van der Waals surface area contributed by atoms with Crippen molar-refractivity contribution in [2.45, 2.75) is 26.9 Å². The first kappa shape index (κ1) is 24.8. The van der Waals surface area contributed by atoms with Crippen LogP contribution in [-0.4, -0.2) is 34.1 Å². The summed E-state index contributed by atoms with van der Waals surface area (Å²) >= 11 is 5.66. The Hall–Kier alpha value is -4.30. The number of aliphatic carboxylic acids is 1. The van der Waals surface area contributed by atoms with Gasteiger partial charge in [0.15, 0.2) is 11.2 Å². The lowest BCUT2D eigenvalue weighted by Crippen LogP contribution is -2.57. The maximum Gasteiger partial charge on any atom is 0.344 e. The van der Waals surface area contributed by atoms with Gasteiger partial charge in [-0.3, -0.25) is 19.4 Å². The molecule has 1 aliphatic rings. The predicted octanol–water partition coefficient (Wildman–Crippen LogP) is 4.90. The van der Waals surface area contributed by atoms with Gasteiger partial charge < -0.3 is 9.84 Å². The standard InChI is InChI=1S/C28H24N2O5S/c1-17-13-14-22(15-18(17)2)30-26(32)23(25(31)29(28(30)36)21-10-5-4-6-11-21)16-20-9-7-8-12-24(20)35-19(3)27(33)34/h4-16,19H,1-3H3,(H,33,34)/b23-16-/t19-/m0/s1. The molecule has 1 atom stereocenters. The predicted molar refractivity (Wildman–Crippen MR) is 142 cm³/mol. The van der Waals surface area contributed by atoms with Crippen LogP contribution in [0.2, 0.25) is 0 Å². The molecule has 2 amide bonds. The molecule has 36 heavy (non-hydrogen) atoms. The van der Waals surface area contributed by atoms with E-state index >= 15 is 0 Å². The van der Waals surface area contributed by atoms with Crippen molar-refractivity contribution in [3.8, 4) is 5.75 Å². The molecule has 0 aromatic heterocycles. The third-order valence-corrected chi connectivity index (χ3v) is 6.25. The van der Waals surface area contributed by atoms with Crippen molar-refractivity contribution >= 4 is 52.6 Å². The molecule has 1 heterocycles. The van der Waals surface area contributed by atoms with Crippen molar-refractivity contribution in [1.29, 1.82) is 0 Å². The smallest absolute Gasteiger partial charge is 0.344 e.